The Labute approximate surface area is 124 Å². The third-order valence-electron chi connectivity index (χ3n) is 5.50. The molecule has 1 unspecified atom stereocenters. The highest BCUT2D eigenvalue weighted by Gasteiger charge is 2.61. The van der Waals surface area contributed by atoms with Crippen LogP contribution in [0.15, 0.2) is 24.3 Å². The molecule has 1 aromatic rings. The van der Waals surface area contributed by atoms with Crippen LogP contribution in [0.25, 0.3) is 0 Å². The third kappa shape index (κ3) is 1.87. The van der Waals surface area contributed by atoms with Crippen molar-refractivity contribution < 1.29 is 4.79 Å². The minimum Gasteiger partial charge on any atom is -0.347 e. The molecule has 20 heavy (non-hydrogen) atoms. The lowest BCUT2D eigenvalue weighted by Gasteiger charge is -2.48. The average molecular weight is 291 g/mol. The van der Waals surface area contributed by atoms with Crippen molar-refractivity contribution in [1.29, 1.82) is 0 Å². The molecule has 4 aliphatic rings. The number of carbonyl (C=O) groups is 1. The zero-order chi connectivity index (χ0) is 13.7. The Morgan fingerprint density at radius 2 is 1.85 bits per heavy atom. The number of hydrogen-bond acceptors (Lipinski definition) is 2. The molecule has 1 spiro atoms. The summed E-state index contributed by atoms with van der Waals surface area (Å²) < 4.78 is 0. The molecule has 1 aromatic carbocycles. The zero-order valence-corrected chi connectivity index (χ0v) is 12.1. The molecule has 2 bridgehead atoms. The summed E-state index contributed by atoms with van der Waals surface area (Å²) in [5.74, 6) is 1.43. The number of rotatable bonds is 2. The predicted octanol–water partition coefficient (Wildman–Crippen LogP) is 2.60. The van der Waals surface area contributed by atoms with Crippen LogP contribution in [0, 0.1) is 11.8 Å². The minimum atomic E-state index is 0.0345. The maximum atomic E-state index is 12.4. The van der Waals surface area contributed by atoms with E-state index in [0.29, 0.717) is 22.5 Å². The van der Waals surface area contributed by atoms with Gasteiger partial charge in [0, 0.05) is 17.1 Å². The van der Waals surface area contributed by atoms with Crippen LogP contribution in [0.3, 0.4) is 0 Å². The smallest absolute Gasteiger partial charge is 0.251 e. The first-order valence-corrected chi connectivity index (χ1v) is 7.88. The normalized spacial score (nSPS) is 38.0. The van der Waals surface area contributed by atoms with Crippen LogP contribution < -0.4 is 10.6 Å². The fraction of sp³-hybridized carbons (Fsp3) is 0.562. The summed E-state index contributed by atoms with van der Waals surface area (Å²) in [7, 11) is 0. The van der Waals surface area contributed by atoms with Gasteiger partial charge >= 0.3 is 0 Å². The van der Waals surface area contributed by atoms with Gasteiger partial charge in [0.25, 0.3) is 5.91 Å². The molecule has 5 rings (SSSR count). The molecular formula is C16H19ClN2O. The second kappa shape index (κ2) is 4.47. The van der Waals surface area contributed by atoms with Gasteiger partial charge in [-0.3, -0.25) is 4.79 Å². The van der Waals surface area contributed by atoms with Crippen LogP contribution >= 0.6 is 11.6 Å². The van der Waals surface area contributed by atoms with Gasteiger partial charge in [-0.05, 0) is 61.8 Å². The van der Waals surface area contributed by atoms with Crippen LogP contribution in [0.4, 0.5) is 0 Å². The molecule has 3 nitrogen and oxygen atoms in total. The van der Waals surface area contributed by atoms with Crippen LogP contribution in [-0.4, -0.2) is 24.0 Å². The van der Waals surface area contributed by atoms with E-state index in [4.69, 9.17) is 11.6 Å². The Bertz CT molecular complexity index is 530. The van der Waals surface area contributed by atoms with Gasteiger partial charge in [-0.2, -0.15) is 0 Å². The summed E-state index contributed by atoms with van der Waals surface area (Å²) in [6.45, 7) is 1.07. The van der Waals surface area contributed by atoms with Gasteiger partial charge in [0.2, 0.25) is 0 Å². The molecule has 1 aliphatic heterocycles. The summed E-state index contributed by atoms with van der Waals surface area (Å²) in [4.78, 5) is 12.4. The number of amides is 1. The molecule has 1 amide bonds. The summed E-state index contributed by atoms with van der Waals surface area (Å²) in [6.07, 6.45) is 5.18. The highest BCUT2D eigenvalue weighted by molar-refractivity contribution is 6.30. The monoisotopic (exact) mass is 290 g/mol. The predicted molar refractivity (Wildman–Crippen MR) is 78.9 cm³/mol. The standard InChI is InChI=1S/C16H19ClN2O/c17-13-7-3-11(4-8-13)15(20)19-14-10-1-5-12(6-2-10)16(14)9-18-16/h3-4,7-8,10,12,14,18H,1-2,5-6,9H2,(H,19,20)/t10?,12?,14?,16-/m0/s1. The topological polar surface area (TPSA) is 51.0 Å². The van der Waals surface area contributed by atoms with E-state index in [1.807, 2.05) is 0 Å². The molecule has 0 radical (unpaired) electrons. The maximum Gasteiger partial charge on any atom is 0.251 e. The number of carbonyl (C=O) groups excluding carboxylic acids is 1. The number of nitrogens with one attached hydrogen (secondary N) is 2. The fourth-order valence-corrected chi connectivity index (χ4v) is 4.45. The lowest BCUT2D eigenvalue weighted by atomic mass is 9.61. The van der Waals surface area contributed by atoms with Crippen molar-refractivity contribution in [3.8, 4) is 0 Å². The summed E-state index contributed by atoms with van der Waals surface area (Å²) >= 11 is 5.87. The summed E-state index contributed by atoms with van der Waals surface area (Å²) in [5.41, 5.74) is 0.912. The van der Waals surface area contributed by atoms with E-state index in [0.717, 1.165) is 12.5 Å². The quantitative estimate of drug-likeness (QED) is 0.823. The van der Waals surface area contributed by atoms with E-state index in [1.165, 1.54) is 25.7 Å². The average Bonchev–Trinajstić information content (AvgIpc) is 3.25. The number of hydrogen-bond donors (Lipinski definition) is 2. The van der Waals surface area contributed by atoms with Gasteiger partial charge in [-0.25, -0.2) is 0 Å². The van der Waals surface area contributed by atoms with Gasteiger partial charge < -0.3 is 10.6 Å². The van der Waals surface area contributed by atoms with Crippen molar-refractivity contribution in [2.75, 3.05) is 6.54 Å². The fourth-order valence-electron chi connectivity index (χ4n) is 4.33. The molecule has 0 aromatic heterocycles. The third-order valence-corrected chi connectivity index (χ3v) is 5.76. The SMILES string of the molecule is O=C(NC1C2CCC(CC2)[C@@]12CN2)c1ccc(Cl)cc1. The molecule has 2 N–H and O–H groups in total. The van der Waals surface area contributed by atoms with Gasteiger partial charge in [-0.1, -0.05) is 11.6 Å². The van der Waals surface area contributed by atoms with E-state index in [9.17, 15) is 4.79 Å². The van der Waals surface area contributed by atoms with Gasteiger partial charge in [-0.15, -0.1) is 0 Å². The minimum absolute atomic E-state index is 0.0345. The highest BCUT2D eigenvalue weighted by atomic mass is 35.5. The van der Waals surface area contributed by atoms with Crippen molar-refractivity contribution in [3.63, 3.8) is 0 Å². The number of fused-ring (bicyclic) bond motifs is 2. The Hall–Kier alpha value is -1.06. The molecule has 3 aliphatic carbocycles. The first-order chi connectivity index (χ1) is 9.69. The largest absolute Gasteiger partial charge is 0.347 e. The van der Waals surface area contributed by atoms with E-state index < -0.39 is 0 Å². The van der Waals surface area contributed by atoms with Crippen molar-refractivity contribution >= 4 is 17.5 Å². The molecule has 106 valence electrons. The van der Waals surface area contributed by atoms with Gasteiger partial charge in [0.05, 0.1) is 11.6 Å². The molecule has 3 saturated carbocycles. The Balaban J connectivity index is 1.54. The van der Waals surface area contributed by atoms with Crippen LogP contribution in [0.1, 0.15) is 36.0 Å². The van der Waals surface area contributed by atoms with Crippen molar-refractivity contribution in [1.82, 2.24) is 10.6 Å². The molecule has 2 atom stereocenters. The molecule has 1 heterocycles. The van der Waals surface area contributed by atoms with Crippen LogP contribution in [-0.2, 0) is 0 Å². The second-order valence-electron chi connectivity index (χ2n) is 6.46. The Morgan fingerprint density at radius 1 is 1.20 bits per heavy atom. The van der Waals surface area contributed by atoms with Gasteiger partial charge in [0.15, 0.2) is 0 Å². The first kappa shape index (κ1) is 12.7. The molecule has 1 saturated heterocycles. The lowest BCUT2D eigenvalue weighted by Crippen LogP contribution is -2.60. The maximum absolute atomic E-state index is 12.4. The molecule has 4 fully saturated rings. The van der Waals surface area contributed by atoms with Crippen LogP contribution in [0.5, 0.6) is 0 Å². The Kier molecular flexibility index (Phi) is 2.83. The van der Waals surface area contributed by atoms with Crippen molar-refractivity contribution in [3.05, 3.63) is 34.9 Å². The van der Waals surface area contributed by atoms with E-state index in [1.54, 1.807) is 24.3 Å². The zero-order valence-electron chi connectivity index (χ0n) is 11.4. The number of benzene rings is 1. The van der Waals surface area contributed by atoms with E-state index in [-0.39, 0.29) is 11.4 Å². The molecule has 4 heteroatoms. The summed E-state index contributed by atoms with van der Waals surface area (Å²) in [6, 6.07) is 7.44. The van der Waals surface area contributed by atoms with Crippen LogP contribution in [0.2, 0.25) is 5.02 Å². The lowest BCUT2D eigenvalue weighted by molar-refractivity contribution is 0.0634. The van der Waals surface area contributed by atoms with E-state index >= 15 is 0 Å². The Morgan fingerprint density at radius 3 is 2.45 bits per heavy atom. The first-order valence-electron chi connectivity index (χ1n) is 7.50. The van der Waals surface area contributed by atoms with E-state index in [2.05, 4.69) is 10.6 Å². The second-order valence-corrected chi connectivity index (χ2v) is 6.90. The summed E-state index contributed by atoms with van der Waals surface area (Å²) in [5, 5.41) is 7.52. The number of halogens is 1. The van der Waals surface area contributed by atoms with Gasteiger partial charge in [0.1, 0.15) is 0 Å². The van der Waals surface area contributed by atoms with Crippen molar-refractivity contribution in [2.45, 2.75) is 37.3 Å². The molecular weight excluding hydrogens is 272 g/mol. The highest BCUT2D eigenvalue weighted by Crippen LogP contribution is 2.51. The van der Waals surface area contributed by atoms with Crippen molar-refractivity contribution in [2.24, 2.45) is 11.8 Å².